The van der Waals surface area contributed by atoms with Crippen molar-refractivity contribution in [2.24, 2.45) is 0 Å². The summed E-state index contributed by atoms with van der Waals surface area (Å²) in [5.41, 5.74) is 1.00. The third kappa shape index (κ3) is 4.42. The minimum atomic E-state index is -0.739. The van der Waals surface area contributed by atoms with Gasteiger partial charge in [0.05, 0.1) is 33.0 Å². The van der Waals surface area contributed by atoms with Gasteiger partial charge in [0.25, 0.3) is 11.6 Å². The highest BCUT2D eigenvalue weighted by molar-refractivity contribution is 6.33. The summed E-state index contributed by atoms with van der Waals surface area (Å²) in [7, 11) is 0. The van der Waals surface area contributed by atoms with Gasteiger partial charge in [0.15, 0.2) is 12.4 Å². The first-order valence-electron chi connectivity index (χ1n) is 9.27. The van der Waals surface area contributed by atoms with Gasteiger partial charge in [-0.1, -0.05) is 29.8 Å². The van der Waals surface area contributed by atoms with E-state index >= 15 is 0 Å². The van der Waals surface area contributed by atoms with Gasteiger partial charge in [-0.3, -0.25) is 14.9 Å². The van der Waals surface area contributed by atoms with Gasteiger partial charge < -0.3 is 14.5 Å². The van der Waals surface area contributed by atoms with Crippen LogP contribution in [0.15, 0.2) is 71.3 Å². The van der Waals surface area contributed by atoms with Crippen LogP contribution in [0.25, 0.3) is 22.4 Å². The molecule has 2 heterocycles. The number of nitrogens with one attached hydrogen (secondary N) is 1. The standard InChI is InChI=1S/C22H14ClN3O6/c23-16-8-7-13(26(29)30)10-18(16)25-21(27)12-32-22(28)15-11-19(20-6-3-9-31-20)24-17-5-2-1-4-14(15)17/h1-11H,12H2,(H,25,27). The van der Waals surface area contributed by atoms with Crippen molar-refractivity contribution in [2.45, 2.75) is 0 Å². The van der Waals surface area contributed by atoms with E-state index in [9.17, 15) is 19.7 Å². The number of carbonyl (C=O) groups is 2. The Morgan fingerprint density at radius 1 is 1.12 bits per heavy atom. The Morgan fingerprint density at radius 3 is 2.69 bits per heavy atom. The molecule has 9 nitrogen and oxygen atoms in total. The zero-order valence-corrected chi connectivity index (χ0v) is 17.0. The fraction of sp³-hybridized carbons (Fsp3) is 0.0455. The average Bonchev–Trinajstić information content (AvgIpc) is 3.33. The average molecular weight is 452 g/mol. The Balaban J connectivity index is 1.53. The summed E-state index contributed by atoms with van der Waals surface area (Å²) >= 11 is 5.97. The van der Waals surface area contributed by atoms with Crippen LogP contribution in [0.4, 0.5) is 11.4 Å². The number of carbonyl (C=O) groups excluding carboxylic acids is 2. The molecule has 0 bridgehead atoms. The van der Waals surface area contributed by atoms with Crippen molar-refractivity contribution in [3.05, 3.63) is 87.6 Å². The Morgan fingerprint density at radius 2 is 1.94 bits per heavy atom. The van der Waals surface area contributed by atoms with E-state index < -0.39 is 23.4 Å². The molecule has 4 aromatic rings. The number of halogens is 1. The Bertz CT molecular complexity index is 1340. The number of amides is 1. The molecule has 32 heavy (non-hydrogen) atoms. The van der Waals surface area contributed by atoms with Crippen molar-refractivity contribution in [1.29, 1.82) is 0 Å². The molecule has 2 aromatic heterocycles. The lowest BCUT2D eigenvalue weighted by molar-refractivity contribution is -0.384. The highest BCUT2D eigenvalue weighted by Crippen LogP contribution is 2.27. The molecule has 1 N–H and O–H groups in total. The summed E-state index contributed by atoms with van der Waals surface area (Å²) in [5.74, 6) is -0.968. The molecule has 0 atom stereocenters. The summed E-state index contributed by atoms with van der Waals surface area (Å²) < 4.78 is 10.5. The SMILES string of the molecule is O=C(COC(=O)c1cc(-c2ccco2)nc2ccccc12)Nc1cc([N+](=O)[O-])ccc1Cl. The molecule has 0 fully saturated rings. The Kier molecular flexibility index (Phi) is 5.82. The monoisotopic (exact) mass is 451 g/mol. The molecule has 0 saturated heterocycles. The molecule has 160 valence electrons. The van der Waals surface area contributed by atoms with E-state index in [1.54, 1.807) is 36.4 Å². The van der Waals surface area contributed by atoms with Crippen molar-refractivity contribution in [3.63, 3.8) is 0 Å². The molecule has 1 amide bonds. The second-order valence-corrected chi connectivity index (χ2v) is 7.00. The maximum atomic E-state index is 12.8. The number of nitro benzene ring substituents is 1. The van der Waals surface area contributed by atoms with Gasteiger partial charge in [0.2, 0.25) is 0 Å². The fourth-order valence-electron chi connectivity index (χ4n) is 3.01. The maximum absolute atomic E-state index is 12.8. The summed E-state index contributed by atoms with van der Waals surface area (Å²) in [6.45, 7) is -0.620. The first-order chi connectivity index (χ1) is 15.4. The van der Waals surface area contributed by atoms with Crippen LogP contribution in [0.2, 0.25) is 5.02 Å². The van der Waals surface area contributed by atoms with E-state index in [2.05, 4.69) is 10.3 Å². The number of furan rings is 1. The van der Waals surface area contributed by atoms with E-state index in [4.69, 9.17) is 20.8 Å². The van der Waals surface area contributed by atoms with Crippen LogP contribution < -0.4 is 5.32 Å². The number of fused-ring (bicyclic) bond motifs is 1. The van der Waals surface area contributed by atoms with Gasteiger partial charge in [-0.15, -0.1) is 0 Å². The second-order valence-electron chi connectivity index (χ2n) is 6.60. The minimum absolute atomic E-state index is 0.0383. The van der Waals surface area contributed by atoms with Crippen molar-refractivity contribution < 1.29 is 23.7 Å². The topological polar surface area (TPSA) is 125 Å². The summed E-state index contributed by atoms with van der Waals surface area (Å²) in [4.78, 5) is 39.8. The molecular weight excluding hydrogens is 438 g/mol. The zero-order valence-electron chi connectivity index (χ0n) is 16.3. The van der Waals surface area contributed by atoms with E-state index in [1.807, 2.05) is 0 Å². The lowest BCUT2D eigenvalue weighted by atomic mass is 10.1. The lowest BCUT2D eigenvalue weighted by Crippen LogP contribution is -2.21. The summed E-state index contributed by atoms with van der Waals surface area (Å²) in [6.07, 6.45) is 1.49. The highest BCUT2D eigenvalue weighted by Gasteiger charge is 2.18. The molecule has 2 aromatic carbocycles. The third-order valence-corrected chi connectivity index (χ3v) is 4.81. The molecule has 0 aliphatic carbocycles. The van der Waals surface area contributed by atoms with Crippen LogP contribution in [-0.2, 0) is 9.53 Å². The number of esters is 1. The van der Waals surface area contributed by atoms with Crippen molar-refractivity contribution in [3.8, 4) is 11.5 Å². The minimum Gasteiger partial charge on any atom is -0.463 e. The van der Waals surface area contributed by atoms with Gasteiger partial charge in [-0.05, 0) is 30.3 Å². The van der Waals surface area contributed by atoms with Gasteiger partial charge in [-0.25, -0.2) is 9.78 Å². The molecule has 0 unspecified atom stereocenters. The highest BCUT2D eigenvalue weighted by atomic mass is 35.5. The van der Waals surface area contributed by atoms with Gasteiger partial charge in [0, 0.05) is 17.5 Å². The lowest BCUT2D eigenvalue weighted by Gasteiger charge is -2.10. The van der Waals surface area contributed by atoms with Crippen LogP contribution in [0.3, 0.4) is 0 Å². The Labute approximate surface area is 185 Å². The molecule has 0 spiro atoms. The van der Waals surface area contributed by atoms with Crippen LogP contribution >= 0.6 is 11.6 Å². The quantitative estimate of drug-likeness (QED) is 0.252. The molecule has 0 radical (unpaired) electrons. The second kappa shape index (κ2) is 8.86. The van der Waals surface area contributed by atoms with E-state index in [1.165, 1.54) is 24.5 Å². The number of hydrogen-bond acceptors (Lipinski definition) is 7. The summed E-state index contributed by atoms with van der Waals surface area (Å²) in [5, 5.41) is 14.0. The van der Waals surface area contributed by atoms with Crippen LogP contribution in [0.5, 0.6) is 0 Å². The number of rotatable bonds is 6. The first kappa shape index (κ1) is 21.0. The zero-order chi connectivity index (χ0) is 22.7. The number of para-hydroxylation sites is 1. The van der Waals surface area contributed by atoms with Gasteiger partial charge >= 0.3 is 5.97 Å². The van der Waals surface area contributed by atoms with Crippen molar-refractivity contribution in [2.75, 3.05) is 11.9 Å². The molecule has 0 saturated carbocycles. The number of anilines is 1. The number of non-ortho nitro benzene ring substituents is 1. The molecule has 4 rings (SSSR count). The summed E-state index contributed by atoms with van der Waals surface area (Å²) in [6, 6.07) is 15.6. The number of pyridine rings is 1. The maximum Gasteiger partial charge on any atom is 0.339 e. The van der Waals surface area contributed by atoms with E-state index in [-0.39, 0.29) is 22.0 Å². The smallest absolute Gasteiger partial charge is 0.339 e. The largest absolute Gasteiger partial charge is 0.463 e. The molecular formula is C22H14ClN3O6. The number of nitrogens with zero attached hydrogens (tertiary/aromatic N) is 2. The van der Waals surface area contributed by atoms with Crippen LogP contribution in [-0.4, -0.2) is 28.4 Å². The molecule has 0 aliphatic rings. The van der Waals surface area contributed by atoms with Gasteiger partial charge in [0.1, 0.15) is 5.69 Å². The van der Waals surface area contributed by atoms with Crippen molar-refractivity contribution in [1.82, 2.24) is 4.98 Å². The Hall–Kier alpha value is -4.24. The number of hydrogen-bond donors (Lipinski definition) is 1. The predicted molar refractivity (Wildman–Crippen MR) is 116 cm³/mol. The van der Waals surface area contributed by atoms with E-state index in [0.29, 0.717) is 22.4 Å². The van der Waals surface area contributed by atoms with Gasteiger partial charge in [-0.2, -0.15) is 0 Å². The van der Waals surface area contributed by atoms with Crippen LogP contribution in [0, 0.1) is 10.1 Å². The number of ether oxygens (including phenoxy) is 1. The molecule has 0 aliphatic heterocycles. The van der Waals surface area contributed by atoms with E-state index in [0.717, 1.165) is 6.07 Å². The fourth-order valence-corrected chi connectivity index (χ4v) is 3.18. The molecule has 10 heteroatoms. The van der Waals surface area contributed by atoms with Crippen LogP contribution in [0.1, 0.15) is 10.4 Å². The van der Waals surface area contributed by atoms with Crippen molar-refractivity contribution >= 4 is 45.8 Å². The number of aromatic nitrogens is 1. The third-order valence-electron chi connectivity index (χ3n) is 4.48. The number of benzene rings is 2. The predicted octanol–water partition coefficient (Wildman–Crippen LogP) is 4.85. The first-order valence-corrected chi connectivity index (χ1v) is 9.65. The normalized spacial score (nSPS) is 10.7. The number of nitro groups is 1.